The van der Waals surface area contributed by atoms with E-state index >= 15 is 0 Å². The van der Waals surface area contributed by atoms with Crippen molar-refractivity contribution >= 4 is 6.09 Å². The first kappa shape index (κ1) is 7.51. The van der Waals surface area contributed by atoms with E-state index in [-0.39, 0.29) is 0 Å². The van der Waals surface area contributed by atoms with Crippen LogP contribution < -0.4 is 10.6 Å². The molecule has 0 aromatic carbocycles. The van der Waals surface area contributed by atoms with Crippen molar-refractivity contribution in [2.24, 2.45) is 5.92 Å². The summed E-state index contributed by atoms with van der Waals surface area (Å²) in [5.41, 5.74) is -0.578. The quantitative estimate of drug-likeness (QED) is 0.671. The molecule has 0 bridgehead atoms. The van der Waals surface area contributed by atoms with Gasteiger partial charge in [0.15, 0.2) is 0 Å². The normalized spacial score (nSPS) is 31.5. The number of hydrogen-bond donors (Lipinski definition) is 2. The first-order valence-corrected chi connectivity index (χ1v) is 4.80. The second kappa shape index (κ2) is 4.17. The minimum absolute atomic E-state index is 0.386. The summed E-state index contributed by atoms with van der Waals surface area (Å²) in [7, 11) is 0. The van der Waals surface area contributed by atoms with Gasteiger partial charge < -0.3 is 15.4 Å². The second-order valence-electron chi connectivity index (χ2n) is 4.52. The van der Waals surface area contributed by atoms with Crippen LogP contribution >= 0.6 is 0 Å². The van der Waals surface area contributed by atoms with Gasteiger partial charge in [-0.15, -0.1) is 0 Å². The van der Waals surface area contributed by atoms with E-state index in [0.29, 0.717) is 13.1 Å². The number of hydrogen-bond acceptors (Lipinski definition) is 3. The van der Waals surface area contributed by atoms with Crippen LogP contribution in [0.25, 0.3) is 0 Å². The molecule has 1 saturated heterocycles. The maximum atomic E-state index is 11.5. The van der Waals surface area contributed by atoms with E-state index in [4.69, 9.17) is 8.85 Å². The van der Waals surface area contributed by atoms with Gasteiger partial charge in [0.25, 0.3) is 0 Å². The van der Waals surface area contributed by atoms with Crippen LogP contribution in [0.3, 0.4) is 0 Å². The van der Waals surface area contributed by atoms with Crippen LogP contribution in [0, 0.1) is 5.92 Å². The first-order chi connectivity index (χ1) is 7.59. The van der Waals surface area contributed by atoms with Gasteiger partial charge in [-0.2, -0.15) is 0 Å². The van der Waals surface area contributed by atoms with Crippen molar-refractivity contribution in [1.29, 1.82) is 0 Å². The number of ether oxygens (including phenoxy) is 1. The number of rotatable bonds is 1. The lowest BCUT2D eigenvalue weighted by molar-refractivity contribution is 0.0499. The molecule has 0 aromatic rings. The van der Waals surface area contributed by atoms with Crippen LogP contribution in [-0.4, -0.2) is 30.8 Å². The molecule has 1 rings (SSSR count). The Kier molecular flexibility index (Phi) is 2.24. The van der Waals surface area contributed by atoms with Crippen molar-refractivity contribution in [2.75, 3.05) is 13.1 Å². The van der Waals surface area contributed by atoms with Crippen LogP contribution in [0.5, 0.6) is 0 Å². The summed E-state index contributed by atoms with van der Waals surface area (Å²) in [6.45, 7) is 4.07. The topological polar surface area (TPSA) is 50.4 Å². The van der Waals surface area contributed by atoms with Gasteiger partial charge in [0.2, 0.25) is 0 Å². The molecule has 0 spiro atoms. The largest absolute Gasteiger partial charge is 0.444 e. The minimum atomic E-state index is -2.07. The van der Waals surface area contributed by atoms with Crippen molar-refractivity contribution in [3.05, 3.63) is 0 Å². The summed E-state index contributed by atoms with van der Waals surface area (Å²) in [6, 6.07) is -0.405. The Balaban J connectivity index is 2.54. The summed E-state index contributed by atoms with van der Waals surface area (Å²) in [6.07, 6.45) is -0.569. The smallest absolute Gasteiger partial charge is 0.407 e. The molecule has 1 fully saturated rings. The highest BCUT2D eigenvalue weighted by Gasteiger charge is 2.26. The second-order valence-corrected chi connectivity index (χ2v) is 4.52. The Morgan fingerprint density at radius 2 is 2.29 bits per heavy atom. The van der Waals surface area contributed by atoms with Crippen LogP contribution in [-0.2, 0) is 4.74 Å². The molecule has 14 heavy (non-hydrogen) atoms. The third-order valence-corrected chi connectivity index (χ3v) is 1.92. The molecule has 0 aromatic heterocycles. The average molecular weight is 203 g/mol. The fourth-order valence-corrected chi connectivity index (χ4v) is 1.29. The number of amides is 1. The maximum Gasteiger partial charge on any atom is 0.407 e. The van der Waals surface area contributed by atoms with Crippen LogP contribution in [0.1, 0.15) is 31.7 Å². The van der Waals surface area contributed by atoms with Gasteiger partial charge in [-0.05, 0) is 33.2 Å². The molecule has 0 unspecified atom stereocenters. The first-order valence-electron chi connectivity index (χ1n) is 6.30. The van der Waals surface area contributed by atoms with Gasteiger partial charge in [-0.1, -0.05) is 6.85 Å². The Morgan fingerprint density at radius 1 is 1.57 bits per heavy atom. The van der Waals surface area contributed by atoms with Crippen molar-refractivity contribution in [2.45, 2.75) is 39.3 Å². The highest BCUT2D eigenvalue weighted by molar-refractivity contribution is 5.68. The highest BCUT2D eigenvalue weighted by Crippen LogP contribution is 2.10. The SMILES string of the molecule is [2H]C([2H])([2H])[C@H]1CNC[C@@H]1NC(=O)OC(C)(C)C. The van der Waals surface area contributed by atoms with Gasteiger partial charge in [0.1, 0.15) is 5.60 Å². The molecule has 82 valence electrons. The van der Waals surface area contributed by atoms with E-state index in [9.17, 15) is 4.79 Å². The number of alkyl carbamates (subject to hydrolysis) is 1. The van der Waals surface area contributed by atoms with E-state index in [1.807, 2.05) is 0 Å². The molecular formula is C10H20N2O2. The van der Waals surface area contributed by atoms with Crippen LogP contribution in [0.4, 0.5) is 4.79 Å². The molecule has 0 saturated carbocycles. The summed E-state index contributed by atoms with van der Waals surface area (Å²) < 4.78 is 27.3. The van der Waals surface area contributed by atoms with Crippen molar-refractivity contribution < 1.29 is 13.6 Å². The summed E-state index contributed by atoms with van der Waals surface area (Å²) in [4.78, 5) is 11.5. The van der Waals surface area contributed by atoms with Gasteiger partial charge in [0.05, 0.1) is 0 Å². The van der Waals surface area contributed by atoms with E-state index in [0.717, 1.165) is 0 Å². The molecule has 0 aliphatic carbocycles. The Bertz CT molecular complexity index is 286. The number of carbonyl (C=O) groups excluding carboxylic acids is 1. The molecule has 4 nitrogen and oxygen atoms in total. The summed E-state index contributed by atoms with van der Waals surface area (Å²) >= 11 is 0. The van der Waals surface area contributed by atoms with E-state index in [1.165, 1.54) is 0 Å². The maximum absolute atomic E-state index is 11.5. The molecule has 1 heterocycles. The standard InChI is InChI=1S/C10H20N2O2/c1-7-5-11-6-8(7)12-9(13)14-10(2,3)4/h7-8,11H,5-6H2,1-4H3,(H,12,13)/t7-,8-/m0/s1/i1D3. The lowest BCUT2D eigenvalue weighted by atomic mass is 10.1. The van der Waals surface area contributed by atoms with Crippen molar-refractivity contribution in [3.8, 4) is 0 Å². The van der Waals surface area contributed by atoms with Crippen LogP contribution in [0.15, 0.2) is 0 Å². The van der Waals surface area contributed by atoms with Crippen molar-refractivity contribution in [3.63, 3.8) is 0 Å². The number of nitrogens with one attached hydrogen (secondary N) is 2. The predicted molar refractivity (Wildman–Crippen MR) is 55.2 cm³/mol. The molecular weight excluding hydrogens is 180 g/mol. The predicted octanol–water partition coefficient (Wildman–Crippen LogP) is 1.12. The molecule has 1 amide bonds. The van der Waals surface area contributed by atoms with Crippen molar-refractivity contribution in [1.82, 2.24) is 10.6 Å². The van der Waals surface area contributed by atoms with Gasteiger partial charge in [-0.3, -0.25) is 0 Å². The fraction of sp³-hybridized carbons (Fsp3) is 0.900. The van der Waals surface area contributed by atoms with E-state index in [2.05, 4.69) is 10.6 Å². The highest BCUT2D eigenvalue weighted by atomic mass is 16.6. The van der Waals surface area contributed by atoms with E-state index < -0.39 is 30.5 Å². The molecule has 0 radical (unpaired) electrons. The molecule has 1 aliphatic rings. The number of carbonyl (C=O) groups is 1. The molecule has 1 aliphatic heterocycles. The zero-order valence-electron chi connectivity index (χ0n) is 11.9. The molecule has 2 atom stereocenters. The molecule has 4 heteroatoms. The third-order valence-electron chi connectivity index (χ3n) is 1.92. The zero-order chi connectivity index (χ0) is 13.3. The summed E-state index contributed by atoms with van der Waals surface area (Å²) in [5, 5.41) is 5.58. The van der Waals surface area contributed by atoms with E-state index in [1.54, 1.807) is 20.8 Å². The third kappa shape index (κ3) is 3.54. The fourth-order valence-electron chi connectivity index (χ4n) is 1.29. The van der Waals surface area contributed by atoms with Gasteiger partial charge in [0, 0.05) is 16.7 Å². The van der Waals surface area contributed by atoms with Gasteiger partial charge in [-0.25, -0.2) is 4.79 Å². The Labute approximate surface area is 89.6 Å². The Hall–Kier alpha value is -0.770. The Morgan fingerprint density at radius 3 is 2.86 bits per heavy atom. The average Bonchev–Trinajstić information content (AvgIpc) is 2.46. The van der Waals surface area contributed by atoms with Crippen LogP contribution in [0.2, 0.25) is 0 Å². The monoisotopic (exact) mass is 203 g/mol. The minimum Gasteiger partial charge on any atom is -0.444 e. The summed E-state index contributed by atoms with van der Waals surface area (Å²) in [5.74, 6) is -0.560. The lowest BCUT2D eigenvalue weighted by Crippen LogP contribution is -2.42. The zero-order valence-corrected chi connectivity index (χ0v) is 8.89. The molecule has 2 N–H and O–H groups in total. The van der Waals surface area contributed by atoms with Gasteiger partial charge >= 0.3 is 6.09 Å². The lowest BCUT2D eigenvalue weighted by Gasteiger charge is -2.22.